The number of unbranched alkanes of at least 4 members (excludes halogenated alkanes) is 13. The van der Waals surface area contributed by atoms with Crippen molar-refractivity contribution in [2.45, 2.75) is 129 Å². The minimum absolute atomic E-state index is 0.193. The number of carboxylic acids is 7. The summed E-state index contributed by atoms with van der Waals surface area (Å²) in [7, 11) is 0. The molecule has 0 bridgehead atoms. The Bertz CT molecular complexity index is 916. The molecule has 14 nitrogen and oxygen atoms in total. The van der Waals surface area contributed by atoms with Crippen molar-refractivity contribution in [3.63, 3.8) is 0 Å². The first-order valence-electron chi connectivity index (χ1n) is 15.1. The number of hydrogen-bond acceptors (Lipinski definition) is 7. The molecule has 0 amide bonds. The van der Waals surface area contributed by atoms with E-state index >= 15 is 0 Å². The zero-order chi connectivity index (χ0) is 34.0. The molecule has 0 aromatic carbocycles. The molecule has 252 valence electrons. The van der Waals surface area contributed by atoms with E-state index in [9.17, 15) is 69.3 Å². The number of hydrogen-bond donors (Lipinski definition) is 7. The summed E-state index contributed by atoms with van der Waals surface area (Å²) >= 11 is 0. The molecule has 0 saturated heterocycles. The number of rotatable bonds is 28. The molecule has 0 atom stereocenters. The van der Waals surface area contributed by atoms with Crippen LogP contribution in [0.1, 0.15) is 129 Å². The first-order valence-corrected chi connectivity index (χ1v) is 15.1. The Morgan fingerprint density at radius 2 is 0.636 bits per heavy atom. The maximum Gasteiger partial charge on any atom is 0.312 e. The van der Waals surface area contributed by atoms with Gasteiger partial charge in [0.2, 0.25) is 0 Å². The number of carbonyl (C=O) groups is 7. The van der Waals surface area contributed by atoms with Crippen LogP contribution in [0.25, 0.3) is 0 Å². The molecule has 0 aromatic heterocycles. The lowest BCUT2D eigenvalue weighted by Crippen LogP contribution is -2.66. The lowest BCUT2D eigenvalue weighted by Gasteiger charge is -2.52. The van der Waals surface area contributed by atoms with Crippen molar-refractivity contribution in [1.29, 1.82) is 0 Å². The van der Waals surface area contributed by atoms with E-state index in [1.54, 1.807) is 0 Å². The van der Waals surface area contributed by atoms with Gasteiger partial charge in [-0.15, -0.1) is 0 Å². The van der Waals surface area contributed by atoms with E-state index in [2.05, 4.69) is 6.92 Å². The summed E-state index contributed by atoms with van der Waals surface area (Å²) in [5, 5.41) is 69.4. The highest BCUT2D eigenvalue weighted by atomic mass is 16.4. The van der Waals surface area contributed by atoms with Gasteiger partial charge in [0.05, 0.1) is 25.7 Å². The third-order valence-corrected chi connectivity index (χ3v) is 8.54. The van der Waals surface area contributed by atoms with Crippen LogP contribution in [-0.4, -0.2) is 77.5 Å². The molecule has 0 rings (SSSR count). The highest BCUT2D eigenvalue weighted by Crippen LogP contribution is 2.62. The van der Waals surface area contributed by atoms with Gasteiger partial charge in [-0.3, -0.25) is 33.6 Å². The summed E-state index contributed by atoms with van der Waals surface area (Å²) < 4.78 is 0. The van der Waals surface area contributed by atoms with Gasteiger partial charge in [0.15, 0.2) is 0 Å². The molecule has 0 radical (unpaired) electrons. The van der Waals surface area contributed by atoms with Crippen molar-refractivity contribution in [3.05, 3.63) is 0 Å². The lowest BCUT2D eigenvalue weighted by molar-refractivity contribution is -0.210. The Kier molecular flexibility index (Phi) is 17.9. The second-order valence-corrected chi connectivity index (χ2v) is 11.6. The first kappa shape index (κ1) is 40.3. The Morgan fingerprint density at radius 1 is 0.386 bits per heavy atom. The van der Waals surface area contributed by atoms with Crippen LogP contribution in [-0.2, 0) is 33.6 Å². The van der Waals surface area contributed by atoms with Gasteiger partial charge in [-0.05, 0) is 6.42 Å². The molecular formula is C30H48O14. The molecule has 0 aliphatic heterocycles. The van der Waals surface area contributed by atoms with Crippen LogP contribution < -0.4 is 0 Å². The zero-order valence-electron chi connectivity index (χ0n) is 25.4. The van der Waals surface area contributed by atoms with Gasteiger partial charge in [0.1, 0.15) is 16.2 Å². The zero-order valence-corrected chi connectivity index (χ0v) is 25.4. The molecule has 7 N–H and O–H groups in total. The monoisotopic (exact) mass is 632 g/mol. The molecule has 0 spiro atoms. The molecule has 0 unspecified atom stereocenters. The van der Waals surface area contributed by atoms with Gasteiger partial charge in [0, 0.05) is 0 Å². The minimum Gasteiger partial charge on any atom is -0.481 e. The van der Waals surface area contributed by atoms with E-state index in [4.69, 9.17) is 0 Å². The number of carboxylic acid groups (broad SMARTS) is 7. The highest BCUT2D eigenvalue weighted by molar-refractivity contribution is 5.99. The van der Waals surface area contributed by atoms with Gasteiger partial charge >= 0.3 is 41.8 Å². The fourth-order valence-electron chi connectivity index (χ4n) is 6.47. The van der Waals surface area contributed by atoms with Crippen molar-refractivity contribution in [2.24, 2.45) is 16.2 Å². The summed E-state index contributed by atoms with van der Waals surface area (Å²) in [6.45, 7) is 2.16. The Labute approximate surface area is 256 Å². The van der Waals surface area contributed by atoms with E-state index in [0.717, 1.165) is 32.1 Å². The van der Waals surface area contributed by atoms with Gasteiger partial charge in [-0.25, -0.2) is 0 Å². The first-order chi connectivity index (χ1) is 20.6. The molecule has 14 heteroatoms. The molecule has 0 aromatic rings. The molecular weight excluding hydrogens is 584 g/mol. The summed E-state index contributed by atoms with van der Waals surface area (Å²) in [4.78, 5) is 86.2. The van der Waals surface area contributed by atoms with Gasteiger partial charge in [0.25, 0.3) is 0 Å². The summed E-state index contributed by atoms with van der Waals surface area (Å²) in [6, 6.07) is 0. The molecule has 0 aliphatic carbocycles. The van der Waals surface area contributed by atoms with E-state index in [-0.39, 0.29) is 12.8 Å². The second kappa shape index (κ2) is 19.5. The Morgan fingerprint density at radius 3 is 0.841 bits per heavy atom. The average molecular weight is 633 g/mol. The van der Waals surface area contributed by atoms with Crippen LogP contribution in [0.15, 0.2) is 0 Å². The van der Waals surface area contributed by atoms with Gasteiger partial charge in [-0.1, -0.05) is 96.8 Å². The lowest BCUT2D eigenvalue weighted by atomic mass is 9.45. The predicted molar refractivity (Wildman–Crippen MR) is 154 cm³/mol. The van der Waals surface area contributed by atoms with Crippen LogP contribution in [0.3, 0.4) is 0 Å². The van der Waals surface area contributed by atoms with Crippen LogP contribution in [0.2, 0.25) is 0 Å². The maximum absolute atomic E-state index is 13.1. The van der Waals surface area contributed by atoms with Gasteiger partial charge in [-0.2, -0.15) is 0 Å². The number of aliphatic carboxylic acids is 7. The third kappa shape index (κ3) is 11.1. The SMILES string of the molecule is CCCCCCCCCCCCCCCCC(C(=O)O)(C(CC(=O)O)(CC(=O)O)C(=O)O)C(CC(=O)O)(CC(=O)O)C(=O)O. The predicted octanol–water partition coefficient (Wildman–Crippen LogP) is 4.97. The molecule has 0 saturated carbocycles. The van der Waals surface area contributed by atoms with Crippen molar-refractivity contribution in [1.82, 2.24) is 0 Å². The van der Waals surface area contributed by atoms with Gasteiger partial charge < -0.3 is 35.7 Å². The molecule has 0 heterocycles. The fourth-order valence-corrected chi connectivity index (χ4v) is 6.47. The van der Waals surface area contributed by atoms with E-state index < -0.39 is 90.1 Å². The van der Waals surface area contributed by atoms with Crippen LogP contribution >= 0.6 is 0 Å². The molecule has 44 heavy (non-hydrogen) atoms. The minimum atomic E-state index is -3.47. The highest BCUT2D eigenvalue weighted by Gasteiger charge is 2.75. The molecule has 0 fully saturated rings. The van der Waals surface area contributed by atoms with Crippen LogP contribution in [0.4, 0.5) is 0 Å². The smallest absolute Gasteiger partial charge is 0.312 e. The largest absolute Gasteiger partial charge is 0.481 e. The third-order valence-electron chi connectivity index (χ3n) is 8.54. The maximum atomic E-state index is 13.1. The van der Waals surface area contributed by atoms with E-state index in [1.165, 1.54) is 32.1 Å². The summed E-state index contributed by atoms with van der Waals surface area (Å²) in [6.07, 6.45) is 4.42. The normalized spacial score (nSPS) is 12.0. The fraction of sp³-hybridized carbons (Fsp3) is 0.767. The van der Waals surface area contributed by atoms with Crippen molar-refractivity contribution < 1.29 is 69.3 Å². The van der Waals surface area contributed by atoms with Crippen molar-refractivity contribution in [2.75, 3.05) is 0 Å². The summed E-state index contributed by atoms with van der Waals surface area (Å²) in [5.41, 5.74) is -10.3. The van der Waals surface area contributed by atoms with E-state index in [0.29, 0.717) is 12.8 Å². The second-order valence-electron chi connectivity index (χ2n) is 11.6. The Hall–Kier alpha value is -3.71. The van der Waals surface area contributed by atoms with Crippen molar-refractivity contribution in [3.8, 4) is 0 Å². The average Bonchev–Trinajstić information content (AvgIpc) is 2.88. The standard InChI is InChI=1S/C30H48O14/c1-2-3-4-5-6-7-8-9-10-11-12-13-14-15-16-30(27(43)44,28(25(39)40,17-21(31)32)18-22(33)34)29(26(41)42,19-23(35)36)20-24(37)38/h2-20H2,1H3,(H,31,32)(H,33,34)(H,35,36)(H,37,38)(H,39,40)(H,41,42)(H,43,44). The van der Waals surface area contributed by atoms with Crippen LogP contribution in [0.5, 0.6) is 0 Å². The van der Waals surface area contributed by atoms with Crippen LogP contribution in [0, 0.1) is 16.2 Å². The molecule has 0 aliphatic rings. The topological polar surface area (TPSA) is 261 Å². The Balaban J connectivity index is 6.29. The van der Waals surface area contributed by atoms with E-state index in [1.807, 2.05) is 0 Å². The quantitative estimate of drug-likeness (QED) is 0.0562. The summed E-state index contributed by atoms with van der Waals surface area (Å²) in [5.74, 6) is -14.9. The van der Waals surface area contributed by atoms with Crippen molar-refractivity contribution >= 4 is 41.8 Å².